The summed E-state index contributed by atoms with van der Waals surface area (Å²) in [6, 6.07) is 6.94. The van der Waals surface area contributed by atoms with Crippen molar-refractivity contribution in [3.05, 3.63) is 69.3 Å². The molecule has 0 spiro atoms. The molecule has 152 valence electrons. The number of aromatic nitrogens is 3. The molecule has 5 nitrogen and oxygen atoms in total. The van der Waals surface area contributed by atoms with E-state index < -0.39 is 11.7 Å². The van der Waals surface area contributed by atoms with E-state index in [0.29, 0.717) is 11.6 Å². The predicted octanol–water partition coefficient (Wildman–Crippen LogP) is 5.62. The van der Waals surface area contributed by atoms with Gasteiger partial charge in [0.05, 0.1) is 22.5 Å². The van der Waals surface area contributed by atoms with Gasteiger partial charge in [0.1, 0.15) is 0 Å². The van der Waals surface area contributed by atoms with Crippen molar-refractivity contribution in [1.82, 2.24) is 14.5 Å². The Hall–Kier alpha value is -2.87. The first-order valence-corrected chi connectivity index (χ1v) is 9.11. The Bertz CT molecular complexity index is 1070. The van der Waals surface area contributed by atoms with E-state index in [1.165, 1.54) is 6.07 Å². The lowest BCUT2D eigenvalue weighted by Crippen LogP contribution is -2.08. The van der Waals surface area contributed by atoms with Crippen LogP contribution in [0.4, 0.5) is 19.1 Å². The van der Waals surface area contributed by atoms with Crippen LogP contribution < -0.4 is 5.43 Å². The highest BCUT2D eigenvalue weighted by atomic mass is 35.5. The number of alkyl halides is 3. The van der Waals surface area contributed by atoms with Crippen LogP contribution in [0.1, 0.15) is 33.9 Å². The fourth-order valence-electron chi connectivity index (χ4n) is 3.08. The van der Waals surface area contributed by atoms with E-state index in [1.807, 2.05) is 26.0 Å². The standard InChI is InChI=1S/C20H19ClF3N5/c1-11-7-12(2)27-19(26-11)28-25-10-15-8-13(3)29(14(15)4)18-9-16(20(22,23)24)5-6-17(18)21/h5-10H,1-4H3,(H,26,27,28)/b25-10-. The Balaban J connectivity index is 1.93. The molecule has 1 aromatic carbocycles. The molecule has 29 heavy (non-hydrogen) atoms. The number of halogens is 4. The van der Waals surface area contributed by atoms with Gasteiger partial charge in [-0.3, -0.25) is 0 Å². The summed E-state index contributed by atoms with van der Waals surface area (Å²) in [6.45, 7) is 7.30. The van der Waals surface area contributed by atoms with Crippen molar-refractivity contribution in [2.24, 2.45) is 5.10 Å². The second-order valence-corrected chi connectivity index (χ2v) is 7.08. The summed E-state index contributed by atoms with van der Waals surface area (Å²) in [6.07, 6.45) is -2.88. The zero-order valence-corrected chi connectivity index (χ0v) is 17.0. The minimum Gasteiger partial charge on any atom is -0.316 e. The summed E-state index contributed by atoms with van der Waals surface area (Å²) < 4.78 is 41.0. The van der Waals surface area contributed by atoms with E-state index in [1.54, 1.807) is 24.6 Å². The van der Waals surface area contributed by atoms with Gasteiger partial charge in [0, 0.05) is 28.3 Å². The number of hydrazone groups is 1. The highest BCUT2D eigenvalue weighted by Gasteiger charge is 2.31. The molecule has 0 amide bonds. The molecule has 0 aliphatic carbocycles. The third kappa shape index (κ3) is 4.59. The monoisotopic (exact) mass is 421 g/mol. The van der Waals surface area contributed by atoms with E-state index in [-0.39, 0.29) is 10.7 Å². The van der Waals surface area contributed by atoms with E-state index >= 15 is 0 Å². The van der Waals surface area contributed by atoms with Crippen LogP contribution >= 0.6 is 11.6 Å². The average Bonchev–Trinajstić information content (AvgIpc) is 2.87. The first-order valence-electron chi connectivity index (χ1n) is 8.73. The Labute approximate surface area is 171 Å². The molecule has 2 aromatic heterocycles. The second kappa shape index (κ2) is 7.87. The average molecular weight is 422 g/mol. The van der Waals surface area contributed by atoms with Gasteiger partial charge in [-0.05, 0) is 58.0 Å². The molecule has 0 saturated carbocycles. The van der Waals surface area contributed by atoms with Crippen LogP contribution in [0.2, 0.25) is 5.02 Å². The Morgan fingerprint density at radius 3 is 2.31 bits per heavy atom. The molecule has 0 radical (unpaired) electrons. The van der Waals surface area contributed by atoms with Gasteiger partial charge in [-0.25, -0.2) is 15.4 Å². The topological polar surface area (TPSA) is 55.1 Å². The molecule has 0 fully saturated rings. The molecular weight excluding hydrogens is 403 g/mol. The van der Waals surface area contributed by atoms with Gasteiger partial charge in [0.25, 0.3) is 0 Å². The molecule has 0 aliphatic rings. The molecule has 0 saturated heterocycles. The van der Waals surface area contributed by atoms with Crippen molar-refractivity contribution >= 4 is 23.8 Å². The highest BCUT2D eigenvalue weighted by molar-refractivity contribution is 6.32. The van der Waals surface area contributed by atoms with Crippen LogP contribution in [-0.4, -0.2) is 20.7 Å². The van der Waals surface area contributed by atoms with Gasteiger partial charge in [-0.2, -0.15) is 18.3 Å². The van der Waals surface area contributed by atoms with Crippen molar-refractivity contribution < 1.29 is 13.2 Å². The van der Waals surface area contributed by atoms with Crippen molar-refractivity contribution in [1.29, 1.82) is 0 Å². The zero-order valence-electron chi connectivity index (χ0n) is 16.3. The first-order chi connectivity index (χ1) is 13.6. The SMILES string of the molecule is Cc1cc(C)nc(N/N=C\c2cc(C)n(-c3cc(C(F)(F)F)ccc3Cl)c2C)n1. The molecule has 3 rings (SSSR count). The number of rotatable bonds is 4. The van der Waals surface area contributed by atoms with Gasteiger partial charge in [-0.1, -0.05) is 11.6 Å². The Morgan fingerprint density at radius 2 is 1.69 bits per heavy atom. The van der Waals surface area contributed by atoms with Gasteiger partial charge in [0.2, 0.25) is 5.95 Å². The smallest absolute Gasteiger partial charge is 0.316 e. The Morgan fingerprint density at radius 1 is 1.03 bits per heavy atom. The number of aryl methyl sites for hydroxylation is 3. The maximum atomic E-state index is 13.1. The third-order valence-electron chi connectivity index (χ3n) is 4.34. The van der Waals surface area contributed by atoms with Crippen LogP contribution in [0.15, 0.2) is 35.4 Å². The molecule has 3 aromatic rings. The molecule has 2 heterocycles. The number of hydrogen-bond donors (Lipinski definition) is 1. The minimum absolute atomic E-state index is 0.227. The van der Waals surface area contributed by atoms with Gasteiger partial charge >= 0.3 is 6.18 Å². The zero-order chi connectivity index (χ0) is 21.3. The summed E-state index contributed by atoms with van der Waals surface area (Å²) in [5.74, 6) is 0.369. The molecule has 1 N–H and O–H groups in total. The van der Waals surface area contributed by atoms with E-state index in [2.05, 4.69) is 20.5 Å². The van der Waals surface area contributed by atoms with E-state index in [9.17, 15) is 13.2 Å². The van der Waals surface area contributed by atoms with E-state index in [0.717, 1.165) is 34.8 Å². The van der Waals surface area contributed by atoms with Gasteiger partial charge in [-0.15, -0.1) is 0 Å². The number of anilines is 1. The van der Waals surface area contributed by atoms with Crippen LogP contribution in [-0.2, 0) is 6.18 Å². The normalized spacial score (nSPS) is 12.0. The Kier molecular flexibility index (Phi) is 5.66. The number of hydrogen-bond acceptors (Lipinski definition) is 4. The lowest BCUT2D eigenvalue weighted by molar-refractivity contribution is -0.137. The lowest BCUT2D eigenvalue weighted by Gasteiger charge is -2.14. The molecule has 0 bridgehead atoms. The predicted molar refractivity (Wildman–Crippen MR) is 108 cm³/mol. The van der Waals surface area contributed by atoms with Crippen molar-refractivity contribution in [2.45, 2.75) is 33.9 Å². The number of nitrogens with one attached hydrogen (secondary N) is 1. The molecule has 0 atom stereocenters. The third-order valence-corrected chi connectivity index (χ3v) is 4.65. The molecule has 9 heteroatoms. The first kappa shape index (κ1) is 20.9. The maximum absolute atomic E-state index is 13.1. The molecule has 0 unspecified atom stereocenters. The quantitative estimate of drug-likeness (QED) is 0.439. The lowest BCUT2D eigenvalue weighted by atomic mass is 10.2. The largest absolute Gasteiger partial charge is 0.416 e. The van der Waals surface area contributed by atoms with Crippen molar-refractivity contribution in [3.63, 3.8) is 0 Å². The minimum atomic E-state index is -4.45. The van der Waals surface area contributed by atoms with Crippen molar-refractivity contribution in [2.75, 3.05) is 5.43 Å². The summed E-state index contributed by atoms with van der Waals surface area (Å²) >= 11 is 6.20. The van der Waals surface area contributed by atoms with E-state index in [4.69, 9.17) is 11.6 Å². The number of nitrogens with zero attached hydrogens (tertiary/aromatic N) is 4. The summed E-state index contributed by atoms with van der Waals surface area (Å²) in [4.78, 5) is 8.47. The highest BCUT2D eigenvalue weighted by Crippen LogP contribution is 2.34. The second-order valence-electron chi connectivity index (χ2n) is 6.67. The van der Waals surface area contributed by atoms with Crippen LogP contribution in [0, 0.1) is 27.7 Å². The molecule has 0 aliphatic heterocycles. The van der Waals surface area contributed by atoms with Gasteiger partial charge < -0.3 is 4.57 Å². The fourth-order valence-corrected chi connectivity index (χ4v) is 3.29. The van der Waals surface area contributed by atoms with Crippen LogP contribution in [0.25, 0.3) is 5.69 Å². The van der Waals surface area contributed by atoms with Crippen molar-refractivity contribution in [3.8, 4) is 5.69 Å². The molecular formula is C20H19ClF3N5. The van der Waals surface area contributed by atoms with Gasteiger partial charge in [0.15, 0.2) is 0 Å². The summed E-state index contributed by atoms with van der Waals surface area (Å²) in [5.41, 5.74) is 6.07. The van der Waals surface area contributed by atoms with Crippen LogP contribution in [0.5, 0.6) is 0 Å². The van der Waals surface area contributed by atoms with Crippen LogP contribution in [0.3, 0.4) is 0 Å². The maximum Gasteiger partial charge on any atom is 0.416 e. The summed E-state index contributed by atoms with van der Waals surface area (Å²) in [7, 11) is 0. The summed E-state index contributed by atoms with van der Waals surface area (Å²) in [5, 5.41) is 4.38. The number of benzene rings is 1. The fraction of sp³-hybridized carbons (Fsp3) is 0.250.